The van der Waals surface area contributed by atoms with E-state index in [1.54, 1.807) is 0 Å². The molecule has 0 spiro atoms. The lowest BCUT2D eigenvalue weighted by Gasteiger charge is -2.16. The molecule has 1 saturated carbocycles. The zero-order valence-corrected chi connectivity index (χ0v) is 10.5. The van der Waals surface area contributed by atoms with Crippen LogP contribution in [0, 0.1) is 6.92 Å². The smallest absolute Gasteiger partial charge is 0.214 e. The number of aliphatic hydroxyl groups is 1. The van der Waals surface area contributed by atoms with Crippen molar-refractivity contribution in [1.29, 1.82) is 0 Å². The third-order valence-corrected chi connectivity index (χ3v) is 3.26. The highest BCUT2D eigenvalue weighted by Crippen LogP contribution is 2.22. The van der Waals surface area contributed by atoms with Gasteiger partial charge in [-0.2, -0.15) is 0 Å². The summed E-state index contributed by atoms with van der Waals surface area (Å²) in [5, 5.41) is 9.15. The van der Waals surface area contributed by atoms with Crippen molar-refractivity contribution in [3.8, 4) is 5.88 Å². The summed E-state index contributed by atoms with van der Waals surface area (Å²) in [6.07, 6.45) is 7.71. The second-order valence-corrected chi connectivity index (χ2v) is 4.84. The third-order valence-electron chi connectivity index (χ3n) is 3.26. The number of aliphatic hydroxyl groups excluding tert-OH is 1. The predicted molar refractivity (Wildman–Crippen MR) is 67.0 cm³/mol. The largest absolute Gasteiger partial charge is 0.474 e. The first kappa shape index (κ1) is 12.4. The van der Waals surface area contributed by atoms with Crippen LogP contribution in [0.15, 0.2) is 12.1 Å². The molecule has 0 amide bonds. The topological polar surface area (TPSA) is 42.4 Å². The Balaban J connectivity index is 2.03. The molecule has 3 nitrogen and oxygen atoms in total. The number of pyridine rings is 1. The van der Waals surface area contributed by atoms with Crippen molar-refractivity contribution in [2.45, 2.75) is 58.2 Å². The van der Waals surface area contributed by atoms with E-state index in [1.807, 2.05) is 19.1 Å². The molecule has 1 aliphatic rings. The van der Waals surface area contributed by atoms with E-state index in [0.29, 0.717) is 12.0 Å². The molecule has 0 atom stereocenters. The average Bonchev–Trinajstić information content (AvgIpc) is 2.57. The molecular formula is C14H21NO2. The van der Waals surface area contributed by atoms with Gasteiger partial charge in [-0.25, -0.2) is 4.98 Å². The lowest BCUT2D eigenvalue weighted by molar-refractivity contribution is 0.175. The number of rotatable bonds is 3. The number of aromatic nitrogens is 1. The molecule has 17 heavy (non-hydrogen) atoms. The van der Waals surface area contributed by atoms with Crippen molar-refractivity contribution < 1.29 is 9.84 Å². The van der Waals surface area contributed by atoms with Gasteiger partial charge >= 0.3 is 0 Å². The highest BCUT2D eigenvalue weighted by atomic mass is 16.5. The normalized spacial score (nSPS) is 17.8. The van der Waals surface area contributed by atoms with Crippen molar-refractivity contribution in [2.75, 3.05) is 0 Å². The van der Waals surface area contributed by atoms with Gasteiger partial charge in [0.25, 0.3) is 0 Å². The van der Waals surface area contributed by atoms with Crippen LogP contribution in [0.5, 0.6) is 5.88 Å². The number of aryl methyl sites for hydroxylation is 1. The second kappa shape index (κ2) is 6.01. The van der Waals surface area contributed by atoms with Crippen LogP contribution in [-0.2, 0) is 6.61 Å². The van der Waals surface area contributed by atoms with E-state index in [1.165, 1.54) is 25.7 Å². The van der Waals surface area contributed by atoms with Crippen LogP contribution >= 0.6 is 0 Å². The zero-order valence-electron chi connectivity index (χ0n) is 10.5. The summed E-state index contributed by atoms with van der Waals surface area (Å²) in [4.78, 5) is 4.37. The van der Waals surface area contributed by atoms with Crippen LogP contribution in [-0.4, -0.2) is 16.2 Å². The third kappa shape index (κ3) is 3.70. The van der Waals surface area contributed by atoms with Crippen LogP contribution in [0.3, 0.4) is 0 Å². The van der Waals surface area contributed by atoms with Crippen molar-refractivity contribution in [1.82, 2.24) is 4.98 Å². The molecule has 2 rings (SSSR count). The van der Waals surface area contributed by atoms with Crippen LogP contribution in [0.4, 0.5) is 0 Å². The van der Waals surface area contributed by atoms with Gasteiger partial charge in [-0.3, -0.25) is 0 Å². The Morgan fingerprint density at radius 1 is 1.24 bits per heavy atom. The standard InChI is InChI=1S/C14H21NO2/c1-11-8-12(10-16)9-14(15-11)17-13-6-4-2-3-5-7-13/h8-9,13,16H,2-7,10H2,1H3. The van der Waals surface area contributed by atoms with Gasteiger partial charge in [0.2, 0.25) is 5.88 Å². The van der Waals surface area contributed by atoms with Gasteiger partial charge in [-0.15, -0.1) is 0 Å². The monoisotopic (exact) mass is 235 g/mol. The summed E-state index contributed by atoms with van der Waals surface area (Å²) in [7, 11) is 0. The fourth-order valence-electron chi connectivity index (χ4n) is 2.39. The highest BCUT2D eigenvalue weighted by Gasteiger charge is 2.14. The van der Waals surface area contributed by atoms with E-state index in [0.717, 1.165) is 24.1 Å². The fourth-order valence-corrected chi connectivity index (χ4v) is 2.39. The molecule has 1 fully saturated rings. The van der Waals surface area contributed by atoms with Crippen molar-refractivity contribution >= 4 is 0 Å². The van der Waals surface area contributed by atoms with E-state index < -0.39 is 0 Å². The molecule has 0 saturated heterocycles. The summed E-state index contributed by atoms with van der Waals surface area (Å²) < 4.78 is 5.94. The first-order valence-corrected chi connectivity index (χ1v) is 6.53. The first-order valence-electron chi connectivity index (χ1n) is 6.53. The Hall–Kier alpha value is -1.09. The van der Waals surface area contributed by atoms with Gasteiger partial charge in [-0.1, -0.05) is 12.8 Å². The Morgan fingerprint density at radius 2 is 1.94 bits per heavy atom. The molecule has 1 aliphatic carbocycles. The summed E-state index contributed by atoms with van der Waals surface area (Å²) >= 11 is 0. The van der Waals surface area contributed by atoms with Crippen molar-refractivity contribution in [2.24, 2.45) is 0 Å². The highest BCUT2D eigenvalue weighted by molar-refractivity contribution is 5.24. The molecule has 1 heterocycles. The lowest BCUT2D eigenvalue weighted by Crippen LogP contribution is -2.16. The summed E-state index contributed by atoms with van der Waals surface area (Å²) in [6.45, 7) is 1.98. The van der Waals surface area contributed by atoms with Crippen molar-refractivity contribution in [3.05, 3.63) is 23.4 Å². The molecule has 94 valence electrons. The molecule has 0 aliphatic heterocycles. The maximum atomic E-state index is 9.15. The Labute approximate surface area is 103 Å². The number of nitrogens with zero attached hydrogens (tertiary/aromatic N) is 1. The summed E-state index contributed by atoms with van der Waals surface area (Å²) in [5.41, 5.74) is 1.78. The van der Waals surface area contributed by atoms with E-state index in [-0.39, 0.29) is 6.61 Å². The molecule has 3 heteroatoms. The molecule has 1 aromatic rings. The van der Waals surface area contributed by atoms with Gasteiger partial charge in [0.1, 0.15) is 6.10 Å². The molecule has 1 aromatic heterocycles. The quantitative estimate of drug-likeness (QED) is 0.819. The summed E-state index contributed by atoms with van der Waals surface area (Å²) in [5.74, 6) is 0.668. The van der Waals surface area contributed by atoms with E-state index in [9.17, 15) is 0 Å². The molecule has 0 bridgehead atoms. The molecule has 0 aromatic carbocycles. The number of hydrogen-bond acceptors (Lipinski definition) is 3. The molecule has 0 unspecified atom stereocenters. The Morgan fingerprint density at radius 3 is 2.59 bits per heavy atom. The van der Waals surface area contributed by atoms with Crippen LogP contribution in [0.2, 0.25) is 0 Å². The average molecular weight is 235 g/mol. The minimum Gasteiger partial charge on any atom is -0.474 e. The summed E-state index contributed by atoms with van der Waals surface area (Å²) in [6, 6.07) is 3.73. The maximum Gasteiger partial charge on any atom is 0.214 e. The predicted octanol–water partition coefficient (Wildman–Crippen LogP) is 2.98. The Bertz CT molecular complexity index is 357. The number of ether oxygens (including phenoxy) is 1. The molecular weight excluding hydrogens is 214 g/mol. The van der Waals surface area contributed by atoms with E-state index >= 15 is 0 Å². The van der Waals surface area contributed by atoms with Gasteiger partial charge in [0, 0.05) is 11.8 Å². The second-order valence-electron chi connectivity index (χ2n) is 4.84. The van der Waals surface area contributed by atoms with Gasteiger partial charge in [-0.05, 0) is 44.2 Å². The molecule has 1 N–H and O–H groups in total. The molecule has 0 radical (unpaired) electrons. The maximum absolute atomic E-state index is 9.15. The zero-order chi connectivity index (χ0) is 12.1. The van der Waals surface area contributed by atoms with Gasteiger partial charge in [0.05, 0.1) is 6.61 Å². The van der Waals surface area contributed by atoms with Crippen molar-refractivity contribution in [3.63, 3.8) is 0 Å². The lowest BCUT2D eigenvalue weighted by atomic mass is 10.1. The van der Waals surface area contributed by atoms with E-state index in [2.05, 4.69) is 4.98 Å². The fraction of sp³-hybridized carbons (Fsp3) is 0.643. The minimum absolute atomic E-state index is 0.0460. The number of hydrogen-bond donors (Lipinski definition) is 1. The van der Waals surface area contributed by atoms with Gasteiger partial charge < -0.3 is 9.84 Å². The Kier molecular flexibility index (Phi) is 4.37. The van der Waals surface area contributed by atoms with Crippen LogP contribution < -0.4 is 4.74 Å². The van der Waals surface area contributed by atoms with Gasteiger partial charge in [0.15, 0.2) is 0 Å². The first-order chi connectivity index (χ1) is 8.28. The van der Waals surface area contributed by atoms with Crippen LogP contribution in [0.25, 0.3) is 0 Å². The van der Waals surface area contributed by atoms with E-state index in [4.69, 9.17) is 9.84 Å². The minimum atomic E-state index is 0.0460. The van der Waals surface area contributed by atoms with Crippen LogP contribution in [0.1, 0.15) is 49.8 Å². The SMILES string of the molecule is Cc1cc(CO)cc(OC2CCCCCC2)n1.